The average Bonchev–Trinajstić information content (AvgIpc) is 2.47. The molecule has 0 radical (unpaired) electrons. The topological polar surface area (TPSA) is 32.3 Å². The molecule has 3 heteroatoms. The number of hydrogen-bond donors (Lipinski definition) is 1. The summed E-state index contributed by atoms with van der Waals surface area (Å²) in [6, 6.07) is 0. The highest BCUT2D eigenvalue weighted by Crippen LogP contribution is 2.16. The van der Waals surface area contributed by atoms with Gasteiger partial charge < -0.3 is 10.2 Å². The average molecular weight is 148 g/mol. The van der Waals surface area contributed by atoms with E-state index < -0.39 is 0 Å². The minimum atomic E-state index is 0.139. The van der Waals surface area contributed by atoms with Gasteiger partial charge in [0.25, 0.3) is 0 Å². The lowest BCUT2D eigenvalue weighted by atomic mass is 10.3. The van der Waals surface area contributed by atoms with E-state index in [1.807, 2.05) is 29.3 Å². The molecular formula is C8H8N2O. The third kappa shape index (κ3) is 0.852. The van der Waals surface area contributed by atoms with Crippen LogP contribution in [-0.4, -0.2) is 17.4 Å². The van der Waals surface area contributed by atoms with Crippen molar-refractivity contribution < 1.29 is 4.79 Å². The fourth-order valence-corrected chi connectivity index (χ4v) is 1.22. The second-order valence-electron chi connectivity index (χ2n) is 2.43. The van der Waals surface area contributed by atoms with Gasteiger partial charge in [0.05, 0.1) is 5.70 Å². The van der Waals surface area contributed by atoms with Crippen molar-refractivity contribution in [3.05, 3.63) is 36.3 Å². The van der Waals surface area contributed by atoms with Gasteiger partial charge in [-0.2, -0.15) is 0 Å². The van der Waals surface area contributed by atoms with E-state index in [1.165, 1.54) is 0 Å². The van der Waals surface area contributed by atoms with E-state index in [0.29, 0.717) is 5.70 Å². The molecule has 0 saturated heterocycles. The molecule has 0 aromatic carbocycles. The first-order chi connectivity index (χ1) is 5.42. The Bertz CT molecular complexity index is 265. The summed E-state index contributed by atoms with van der Waals surface area (Å²) in [4.78, 5) is 12.3. The minimum absolute atomic E-state index is 0.139. The molecule has 56 valence electrons. The largest absolute Gasteiger partial charge is 0.366 e. The van der Waals surface area contributed by atoms with Crippen LogP contribution in [0.1, 0.15) is 0 Å². The maximum absolute atomic E-state index is 10.5. The molecule has 0 spiro atoms. The summed E-state index contributed by atoms with van der Waals surface area (Å²) in [5.41, 5.74) is 0.676. The van der Waals surface area contributed by atoms with Gasteiger partial charge >= 0.3 is 0 Å². The third-order valence-electron chi connectivity index (χ3n) is 1.77. The molecule has 2 aliphatic heterocycles. The quantitative estimate of drug-likeness (QED) is 0.544. The van der Waals surface area contributed by atoms with Gasteiger partial charge in [-0.3, -0.25) is 4.79 Å². The number of fused-ring (bicyclic) bond motifs is 1. The molecule has 2 rings (SSSR count). The summed E-state index contributed by atoms with van der Waals surface area (Å²) in [6.45, 7) is 0. The fourth-order valence-electron chi connectivity index (χ4n) is 1.22. The molecule has 1 unspecified atom stereocenters. The van der Waals surface area contributed by atoms with E-state index in [1.54, 1.807) is 6.20 Å². The van der Waals surface area contributed by atoms with Crippen LogP contribution in [0.3, 0.4) is 0 Å². The molecule has 1 atom stereocenters. The number of nitrogens with zero attached hydrogens (tertiary/aromatic N) is 1. The summed E-state index contributed by atoms with van der Waals surface area (Å²) >= 11 is 0. The van der Waals surface area contributed by atoms with Crippen LogP contribution in [0.15, 0.2) is 36.3 Å². The van der Waals surface area contributed by atoms with E-state index in [0.717, 1.165) is 6.29 Å². The highest BCUT2D eigenvalue weighted by Gasteiger charge is 2.21. The van der Waals surface area contributed by atoms with Gasteiger partial charge in [-0.1, -0.05) is 6.08 Å². The predicted molar refractivity (Wildman–Crippen MR) is 41.2 cm³/mol. The first-order valence-corrected chi connectivity index (χ1v) is 3.46. The molecular weight excluding hydrogens is 140 g/mol. The van der Waals surface area contributed by atoms with Crippen LogP contribution in [0.2, 0.25) is 0 Å². The Morgan fingerprint density at radius 3 is 3.27 bits per heavy atom. The summed E-state index contributed by atoms with van der Waals surface area (Å²) in [5, 5.41) is 3.05. The first kappa shape index (κ1) is 6.22. The minimum Gasteiger partial charge on any atom is -0.366 e. The molecule has 0 bridgehead atoms. The van der Waals surface area contributed by atoms with Crippen LogP contribution in [-0.2, 0) is 4.79 Å². The van der Waals surface area contributed by atoms with Crippen molar-refractivity contribution in [2.45, 2.75) is 6.17 Å². The molecule has 0 aliphatic carbocycles. The molecule has 2 heterocycles. The zero-order chi connectivity index (χ0) is 7.68. The third-order valence-corrected chi connectivity index (χ3v) is 1.77. The lowest BCUT2D eigenvalue weighted by Crippen LogP contribution is -2.32. The lowest BCUT2D eigenvalue weighted by Gasteiger charge is -2.22. The molecule has 11 heavy (non-hydrogen) atoms. The maximum atomic E-state index is 10.5. The lowest BCUT2D eigenvalue weighted by molar-refractivity contribution is -0.105. The molecule has 0 aromatic rings. The van der Waals surface area contributed by atoms with E-state index in [4.69, 9.17) is 0 Å². The normalized spacial score (nSPS) is 26.0. The number of hydrogen-bond acceptors (Lipinski definition) is 3. The number of rotatable bonds is 1. The zero-order valence-corrected chi connectivity index (χ0v) is 5.90. The molecule has 0 fully saturated rings. The van der Waals surface area contributed by atoms with Crippen molar-refractivity contribution >= 4 is 6.29 Å². The first-order valence-electron chi connectivity index (χ1n) is 3.46. The second kappa shape index (κ2) is 2.27. The number of carbonyl (C=O) groups excluding carboxylic acids is 1. The Morgan fingerprint density at radius 2 is 2.45 bits per heavy atom. The number of nitrogens with one attached hydrogen (secondary N) is 1. The second-order valence-corrected chi connectivity index (χ2v) is 2.43. The Hall–Kier alpha value is -1.51. The maximum Gasteiger partial charge on any atom is 0.168 e. The van der Waals surface area contributed by atoms with Gasteiger partial charge in [0.1, 0.15) is 6.17 Å². The number of allylic oxidation sites excluding steroid dienone is 3. The molecule has 3 nitrogen and oxygen atoms in total. The van der Waals surface area contributed by atoms with Gasteiger partial charge in [0, 0.05) is 12.4 Å². The van der Waals surface area contributed by atoms with Crippen molar-refractivity contribution in [3.63, 3.8) is 0 Å². The number of aldehydes is 1. The van der Waals surface area contributed by atoms with Crippen molar-refractivity contribution in [2.75, 3.05) is 0 Å². The van der Waals surface area contributed by atoms with Gasteiger partial charge in [0.15, 0.2) is 6.29 Å². The smallest absolute Gasteiger partial charge is 0.168 e. The number of carbonyl (C=O) groups is 1. The van der Waals surface area contributed by atoms with Crippen LogP contribution >= 0.6 is 0 Å². The standard InChI is InChI=1S/C8H8N2O/c11-6-7-5-9-8-3-1-2-4-10(7)8/h1-6,8-9H. The molecule has 0 aromatic heterocycles. The van der Waals surface area contributed by atoms with Crippen molar-refractivity contribution in [1.29, 1.82) is 0 Å². The summed E-state index contributed by atoms with van der Waals surface area (Å²) in [7, 11) is 0. The molecule has 0 saturated carbocycles. The van der Waals surface area contributed by atoms with E-state index >= 15 is 0 Å². The zero-order valence-electron chi connectivity index (χ0n) is 5.90. The van der Waals surface area contributed by atoms with Crippen molar-refractivity contribution in [2.24, 2.45) is 0 Å². The Labute approximate surface area is 64.7 Å². The summed E-state index contributed by atoms with van der Waals surface area (Å²) in [6.07, 6.45) is 10.4. The van der Waals surface area contributed by atoms with Crippen molar-refractivity contribution in [3.8, 4) is 0 Å². The Morgan fingerprint density at radius 1 is 1.55 bits per heavy atom. The summed E-state index contributed by atoms with van der Waals surface area (Å²) < 4.78 is 0. The predicted octanol–water partition coefficient (Wildman–Crippen LogP) is 0.341. The molecule has 2 aliphatic rings. The fraction of sp³-hybridized carbons (Fsp3) is 0.125. The highest BCUT2D eigenvalue weighted by atomic mass is 16.1. The molecule has 0 amide bonds. The van der Waals surface area contributed by atoms with Crippen LogP contribution in [0.5, 0.6) is 0 Å². The highest BCUT2D eigenvalue weighted by molar-refractivity contribution is 5.73. The molecule has 1 N–H and O–H groups in total. The van der Waals surface area contributed by atoms with Crippen LogP contribution in [0, 0.1) is 0 Å². The van der Waals surface area contributed by atoms with Gasteiger partial charge in [-0.25, -0.2) is 0 Å². The van der Waals surface area contributed by atoms with E-state index in [-0.39, 0.29) is 6.17 Å². The Balaban J connectivity index is 2.26. The van der Waals surface area contributed by atoms with E-state index in [2.05, 4.69) is 5.32 Å². The van der Waals surface area contributed by atoms with E-state index in [9.17, 15) is 4.79 Å². The van der Waals surface area contributed by atoms with Gasteiger partial charge in [0.2, 0.25) is 0 Å². The van der Waals surface area contributed by atoms with Crippen LogP contribution in [0.4, 0.5) is 0 Å². The Kier molecular flexibility index (Phi) is 1.28. The SMILES string of the molecule is O=CC1=CNC2C=CC=CN12. The summed E-state index contributed by atoms with van der Waals surface area (Å²) in [5.74, 6) is 0. The van der Waals surface area contributed by atoms with Gasteiger partial charge in [-0.15, -0.1) is 0 Å². The van der Waals surface area contributed by atoms with Gasteiger partial charge in [-0.05, 0) is 12.2 Å². The van der Waals surface area contributed by atoms with Crippen molar-refractivity contribution in [1.82, 2.24) is 10.2 Å². The van der Waals surface area contributed by atoms with Crippen LogP contribution in [0.25, 0.3) is 0 Å². The monoisotopic (exact) mass is 148 g/mol. The van der Waals surface area contributed by atoms with Crippen LogP contribution < -0.4 is 5.32 Å².